The summed E-state index contributed by atoms with van der Waals surface area (Å²) in [7, 11) is 0. The molecule has 5 nitrogen and oxygen atoms in total. The Morgan fingerprint density at radius 3 is 2.53 bits per heavy atom. The first kappa shape index (κ1) is 14.4. The first-order valence-electron chi connectivity index (χ1n) is 6.09. The van der Waals surface area contributed by atoms with Crippen molar-refractivity contribution in [3.63, 3.8) is 0 Å². The SMILES string of the molecule is CC(C)(C)CNOC(C(=O)O)C1CCOCC1. The zero-order valence-electron chi connectivity index (χ0n) is 10.9. The van der Waals surface area contributed by atoms with Crippen molar-refractivity contribution < 1.29 is 19.5 Å². The molecule has 1 atom stereocenters. The van der Waals surface area contributed by atoms with Crippen molar-refractivity contribution in [1.82, 2.24) is 5.48 Å². The normalized spacial score (nSPS) is 20.2. The van der Waals surface area contributed by atoms with Gasteiger partial charge in [0, 0.05) is 25.7 Å². The van der Waals surface area contributed by atoms with Gasteiger partial charge in [0.05, 0.1) is 0 Å². The van der Waals surface area contributed by atoms with Gasteiger partial charge in [-0.15, -0.1) is 0 Å². The van der Waals surface area contributed by atoms with Crippen LogP contribution < -0.4 is 5.48 Å². The molecule has 1 unspecified atom stereocenters. The molecule has 0 saturated carbocycles. The highest BCUT2D eigenvalue weighted by molar-refractivity contribution is 5.72. The minimum atomic E-state index is -0.904. The zero-order valence-corrected chi connectivity index (χ0v) is 10.9. The number of hydrogen-bond donors (Lipinski definition) is 2. The smallest absolute Gasteiger partial charge is 0.335 e. The molecule has 0 aromatic rings. The molecular weight excluding hydrogens is 222 g/mol. The molecule has 5 heteroatoms. The molecule has 1 fully saturated rings. The number of aliphatic carboxylic acids is 1. The summed E-state index contributed by atoms with van der Waals surface area (Å²) in [5.41, 5.74) is 2.85. The molecule has 0 amide bonds. The van der Waals surface area contributed by atoms with Crippen LogP contribution in [0.5, 0.6) is 0 Å². The quantitative estimate of drug-likeness (QED) is 0.717. The Kier molecular flexibility index (Phi) is 5.36. The van der Waals surface area contributed by atoms with Crippen molar-refractivity contribution in [3.8, 4) is 0 Å². The highest BCUT2D eigenvalue weighted by Crippen LogP contribution is 2.21. The molecule has 1 aliphatic heterocycles. The van der Waals surface area contributed by atoms with E-state index in [4.69, 9.17) is 14.7 Å². The van der Waals surface area contributed by atoms with Gasteiger partial charge in [-0.25, -0.2) is 10.3 Å². The lowest BCUT2D eigenvalue weighted by molar-refractivity contribution is -0.165. The molecular formula is C12H23NO4. The van der Waals surface area contributed by atoms with Crippen LogP contribution in [-0.4, -0.2) is 36.9 Å². The van der Waals surface area contributed by atoms with E-state index in [9.17, 15) is 4.79 Å². The fraction of sp³-hybridized carbons (Fsp3) is 0.917. The van der Waals surface area contributed by atoms with E-state index in [1.807, 2.05) is 0 Å². The van der Waals surface area contributed by atoms with E-state index in [-0.39, 0.29) is 11.3 Å². The third-order valence-corrected chi connectivity index (χ3v) is 2.75. The first-order chi connectivity index (χ1) is 7.90. The standard InChI is InChI=1S/C12H23NO4/c1-12(2,3)8-13-17-10(11(14)15)9-4-6-16-7-5-9/h9-10,13H,4-8H2,1-3H3,(H,14,15). The van der Waals surface area contributed by atoms with Crippen LogP contribution in [0.3, 0.4) is 0 Å². The van der Waals surface area contributed by atoms with E-state index in [1.54, 1.807) is 0 Å². The van der Waals surface area contributed by atoms with Crippen molar-refractivity contribution in [2.24, 2.45) is 11.3 Å². The van der Waals surface area contributed by atoms with Crippen molar-refractivity contribution in [3.05, 3.63) is 0 Å². The van der Waals surface area contributed by atoms with Crippen molar-refractivity contribution in [2.45, 2.75) is 39.7 Å². The number of carbonyl (C=O) groups is 1. The first-order valence-corrected chi connectivity index (χ1v) is 6.09. The fourth-order valence-electron chi connectivity index (χ4n) is 1.71. The number of carboxylic acids is 1. The van der Waals surface area contributed by atoms with Crippen LogP contribution in [0.25, 0.3) is 0 Å². The molecule has 0 aliphatic carbocycles. The van der Waals surface area contributed by atoms with Gasteiger partial charge in [0.25, 0.3) is 0 Å². The monoisotopic (exact) mass is 245 g/mol. The Hall–Kier alpha value is -0.650. The van der Waals surface area contributed by atoms with Gasteiger partial charge in [-0.05, 0) is 18.3 Å². The van der Waals surface area contributed by atoms with E-state index in [0.717, 1.165) is 12.8 Å². The molecule has 1 rings (SSSR count). The lowest BCUT2D eigenvalue weighted by atomic mass is 9.94. The van der Waals surface area contributed by atoms with Gasteiger partial charge < -0.3 is 9.84 Å². The van der Waals surface area contributed by atoms with Crippen molar-refractivity contribution in [2.75, 3.05) is 19.8 Å². The predicted octanol–water partition coefficient (Wildman–Crippen LogP) is 1.43. The Labute approximate surface area is 102 Å². The summed E-state index contributed by atoms with van der Waals surface area (Å²) < 4.78 is 5.22. The third-order valence-electron chi connectivity index (χ3n) is 2.75. The maximum atomic E-state index is 11.1. The molecule has 2 N–H and O–H groups in total. The lowest BCUT2D eigenvalue weighted by Gasteiger charge is -2.28. The Morgan fingerprint density at radius 1 is 1.47 bits per heavy atom. The molecule has 1 aliphatic rings. The summed E-state index contributed by atoms with van der Waals surface area (Å²) in [6, 6.07) is 0. The summed E-state index contributed by atoms with van der Waals surface area (Å²) in [6.07, 6.45) is 0.712. The van der Waals surface area contributed by atoms with Crippen molar-refractivity contribution >= 4 is 5.97 Å². The predicted molar refractivity (Wildman–Crippen MR) is 63.5 cm³/mol. The van der Waals surface area contributed by atoms with Gasteiger partial charge in [0.15, 0.2) is 6.10 Å². The van der Waals surface area contributed by atoms with Gasteiger partial charge >= 0.3 is 5.97 Å². The summed E-state index contributed by atoms with van der Waals surface area (Å²) >= 11 is 0. The molecule has 0 aromatic carbocycles. The number of ether oxygens (including phenoxy) is 1. The molecule has 0 spiro atoms. The number of rotatable bonds is 5. The largest absolute Gasteiger partial charge is 0.479 e. The summed E-state index contributed by atoms with van der Waals surface area (Å²) in [5, 5.41) is 9.15. The van der Waals surface area contributed by atoms with Gasteiger partial charge in [-0.2, -0.15) is 0 Å². The average Bonchev–Trinajstić information content (AvgIpc) is 2.23. The van der Waals surface area contributed by atoms with Crippen LogP contribution in [-0.2, 0) is 14.4 Å². The Bertz CT molecular complexity index is 243. The highest BCUT2D eigenvalue weighted by atomic mass is 16.7. The second kappa shape index (κ2) is 6.33. The maximum Gasteiger partial charge on any atom is 0.335 e. The van der Waals surface area contributed by atoms with Crippen LogP contribution >= 0.6 is 0 Å². The van der Waals surface area contributed by atoms with Crippen LogP contribution in [0, 0.1) is 11.3 Å². The average molecular weight is 245 g/mol. The lowest BCUT2D eigenvalue weighted by Crippen LogP contribution is -2.41. The van der Waals surface area contributed by atoms with E-state index in [0.29, 0.717) is 19.8 Å². The second-order valence-corrected chi connectivity index (χ2v) is 5.71. The Morgan fingerprint density at radius 2 is 2.06 bits per heavy atom. The molecule has 0 aromatic heterocycles. The molecule has 1 saturated heterocycles. The number of hydroxylamine groups is 1. The zero-order chi connectivity index (χ0) is 12.9. The highest BCUT2D eigenvalue weighted by Gasteiger charge is 2.31. The van der Waals surface area contributed by atoms with E-state index in [2.05, 4.69) is 26.3 Å². The summed E-state index contributed by atoms with van der Waals surface area (Å²) in [6.45, 7) is 8.06. The van der Waals surface area contributed by atoms with Gasteiger partial charge in [-0.3, -0.25) is 4.84 Å². The van der Waals surface area contributed by atoms with E-state index >= 15 is 0 Å². The molecule has 100 valence electrons. The maximum absolute atomic E-state index is 11.1. The Balaban J connectivity index is 2.40. The minimum absolute atomic E-state index is 0.0359. The number of hydrogen-bond acceptors (Lipinski definition) is 4. The molecule has 17 heavy (non-hydrogen) atoms. The second-order valence-electron chi connectivity index (χ2n) is 5.71. The van der Waals surface area contributed by atoms with Crippen LogP contribution in [0.4, 0.5) is 0 Å². The van der Waals surface area contributed by atoms with Gasteiger partial charge in [0.2, 0.25) is 0 Å². The summed E-state index contributed by atoms with van der Waals surface area (Å²) in [5.74, 6) is -0.868. The topological polar surface area (TPSA) is 67.8 Å². The van der Waals surface area contributed by atoms with Gasteiger partial charge in [-0.1, -0.05) is 20.8 Å². The minimum Gasteiger partial charge on any atom is -0.479 e. The van der Waals surface area contributed by atoms with Crippen LogP contribution in [0.1, 0.15) is 33.6 Å². The van der Waals surface area contributed by atoms with E-state index < -0.39 is 12.1 Å². The number of nitrogens with one attached hydrogen (secondary N) is 1. The fourth-order valence-corrected chi connectivity index (χ4v) is 1.71. The molecule has 0 radical (unpaired) electrons. The molecule has 1 heterocycles. The van der Waals surface area contributed by atoms with Crippen LogP contribution in [0.2, 0.25) is 0 Å². The number of carboxylic acid groups (broad SMARTS) is 1. The van der Waals surface area contributed by atoms with Crippen LogP contribution in [0.15, 0.2) is 0 Å². The summed E-state index contributed by atoms with van der Waals surface area (Å²) in [4.78, 5) is 16.5. The van der Waals surface area contributed by atoms with Gasteiger partial charge in [0.1, 0.15) is 0 Å². The third kappa shape index (κ3) is 5.48. The molecule has 0 bridgehead atoms. The van der Waals surface area contributed by atoms with E-state index in [1.165, 1.54) is 0 Å². The van der Waals surface area contributed by atoms with Crippen molar-refractivity contribution in [1.29, 1.82) is 0 Å².